The van der Waals surface area contributed by atoms with Gasteiger partial charge in [-0.3, -0.25) is 14.6 Å². The Morgan fingerprint density at radius 1 is 1.00 bits per heavy atom. The summed E-state index contributed by atoms with van der Waals surface area (Å²) in [7, 11) is 0. The van der Waals surface area contributed by atoms with Crippen LogP contribution in [0, 0.1) is 19.7 Å². The van der Waals surface area contributed by atoms with Crippen LogP contribution in [-0.2, 0) is 6.54 Å². The number of halogens is 1. The number of hydrogen-bond donors (Lipinski definition) is 2. The van der Waals surface area contributed by atoms with Gasteiger partial charge >= 0.3 is 0 Å². The Bertz CT molecular complexity index is 1030. The maximum absolute atomic E-state index is 13.7. The summed E-state index contributed by atoms with van der Waals surface area (Å²) in [5.74, 6) is -1.20. The lowest BCUT2D eigenvalue weighted by Crippen LogP contribution is -2.24. The number of hydrogen-bond acceptors (Lipinski definition) is 3. The number of pyridine rings is 1. The zero-order chi connectivity index (χ0) is 20.1. The highest BCUT2D eigenvalue weighted by Crippen LogP contribution is 2.18. The first-order chi connectivity index (χ1) is 13.5. The molecule has 2 aromatic carbocycles. The fraction of sp³-hybridized carbons (Fsp3) is 0.136. The number of benzene rings is 2. The third-order valence-electron chi connectivity index (χ3n) is 4.50. The van der Waals surface area contributed by atoms with Gasteiger partial charge in [0.1, 0.15) is 11.5 Å². The molecule has 0 fully saturated rings. The van der Waals surface area contributed by atoms with Crippen LogP contribution in [0.1, 0.15) is 37.5 Å². The molecule has 0 saturated heterocycles. The maximum Gasteiger partial charge on any atom is 0.274 e. The van der Waals surface area contributed by atoms with Crippen molar-refractivity contribution in [3.63, 3.8) is 0 Å². The van der Waals surface area contributed by atoms with Gasteiger partial charge in [-0.25, -0.2) is 4.39 Å². The molecule has 2 amide bonds. The van der Waals surface area contributed by atoms with E-state index >= 15 is 0 Å². The number of carbonyl (C=O) groups is 2. The predicted molar refractivity (Wildman–Crippen MR) is 106 cm³/mol. The summed E-state index contributed by atoms with van der Waals surface area (Å²) in [6.07, 6.45) is 1.40. The molecule has 0 aliphatic carbocycles. The Kier molecular flexibility index (Phi) is 5.79. The van der Waals surface area contributed by atoms with Gasteiger partial charge < -0.3 is 10.6 Å². The minimum absolute atomic E-state index is 0.0534. The standard InChI is InChI=1S/C22H20FN3O2/c1-14-6-5-9-19(15(14)2)26-22(28)20-12-16(10-11-24-20)21(27)25-13-17-7-3-4-8-18(17)23/h3-12H,13H2,1-2H3,(H,25,27)(H,26,28). The lowest BCUT2D eigenvalue weighted by atomic mass is 10.1. The van der Waals surface area contributed by atoms with Gasteiger partial charge in [-0.15, -0.1) is 0 Å². The molecule has 0 saturated carbocycles. The van der Waals surface area contributed by atoms with E-state index in [1.807, 2.05) is 32.0 Å². The van der Waals surface area contributed by atoms with E-state index in [1.54, 1.807) is 18.2 Å². The van der Waals surface area contributed by atoms with Crippen LogP contribution < -0.4 is 10.6 Å². The molecule has 142 valence electrons. The average molecular weight is 377 g/mol. The molecular formula is C22H20FN3O2. The van der Waals surface area contributed by atoms with Gasteiger partial charge in [-0.2, -0.15) is 0 Å². The summed E-state index contributed by atoms with van der Waals surface area (Å²) >= 11 is 0. The molecule has 1 heterocycles. The molecule has 0 radical (unpaired) electrons. The van der Waals surface area contributed by atoms with Crippen LogP contribution >= 0.6 is 0 Å². The van der Waals surface area contributed by atoms with Crippen LogP contribution in [0.2, 0.25) is 0 Å². The zero-order valence-electron chi connectivity index (χ0n) is 15.6. The molecule has 0 spiro atoms. The van der Waals surface area contributed by atoms with Gasteiger partial charge in [0.25, 0.3) is 11.8 Å². The van der Waals surface area contributed by atoms with Gasteiger partial charge in [-0.1, -0.05) is 30.3 Å². The molecule has 3 rings (SSSR count). The third kappa shape index (κ3) is 4.40. The Morgan fingerprint density at radius 3 is 2.57 bits per heavy atom. The van der Waals surface area contributed by atoms with Crippen molar-refractivity contribution < 1.29 is 14.0 Å². The zero-order valence-corrected chi connectivity index (χ0v) is 15.6. The summed E-state index contributed by atoms with van der Waals surface area (Å²) < 4.78 is 13.7. The molecule has 28 heavy (non-hydrogen) atoms. The van der Waals surface area contributed by atoms with E-state index in [-0.39, 0.29) is 23.6 Å². The Balaban J connectivity index is 1.70. The summed E-state index contributed by atoms with van der Waals surface area (Å²) in [5, 5.41) is 5.47. The molecular weight excluding hydrogens is 357 g/mol. The number of amides is 2. The SMILES string of the molecule is Cc1cccc(NC(=O)c2cc(C(=O)NCc3ccccc3F)ccn2)c1C. The topological polar surface area (TPSA) is 71.1 Å². The number of rotatable bonds is 5. The first-order valence-electron chi connectivity index (χ1n) is 8.81. The first-order valence-corrected chi connectivity index (χ1v) is 8.81. The number of aromatic nitrogens is 1. The molecule has 3 aromatic rings. The maximum atomic E-state index is 13.7. The van der Waals surface area contributed by atoms with E-state index in [4.69, 9.17) is 0 Å². The fourth-order valence-corrected chi connectivity index (χ4v) is 2.69. The lowest BCUT2D eigenvalue weighted by molar-refractivity contribution is 0.0950. The summed E-state index contributed by atoms with van der Waals surface area (Å²) in [5.41, 5.74) is 3.51. The van der Waals surface area contributed by atoms with Crippen molar-refractivity contribution in [3.05, 3.63) is 94.6 Å². The highest BCUT2D eigenvalue weighted by atomic mass is 19.1. The molecule has 1 aromatic heterocycles. The van der Waals surface area contributed by atoms with Crippen molar-refractivity contribution in [1.82, 2.24) is 10.3 Å². The molecule has 6 heteroatoms. The number of aryl methyl sites for hydroxylation is 1. The fourth-order valence-electron chi connectivity index (χ4n) is 2.69. The third-order valence-corrected chi connectivity index (χ3v) is 4.50. The monoisotopic (exact) mass is 377 g/mol. The molecule has 0 unspecified atom stereocenters. The summed E-state index contributed by atoms with van der Waals surface area (Å²) in [6.45, 7) is 3.94. The Hall–Kier alpha value is -3.54. The van der Waals surface area contributed by atoms with Gasteiger partial charge in [0.15, 0.2) is 0 Å². The van der Waals surface area contributed by atoms with Crippen LogP contribution in [0.25, 0.3) is 0 Å². The van der Waals surface area contributed by atoms with Crippen molar-refractivity contribution in [2.45, 2.75) is 20.4 Å². The number of anilines is 1. The van der Waals surface area contributed by atoms with Gasteiger partial charge in [0, 0.05) is 29.6 Å². The summed E-state index contributed by atoms with van der Waals surface area (Å²) in [6, 6.07) is 14.8. The van der Waals surface area contributed by atoms with Gasteiger partial charge in [0.2, 0.25) is 0 Å². The minimum atomic E-state index is -0.411. The number of carbonyl (C=O) groups excluding carboxylic acids is 2. The van der Waals surface area contributed by atoms with E-state index in [9.17, 15) is 14.0 Å². The first kappa shape index (κ1) is 19.2. The molecule has 0 aliphatic rings. The van der Waals surface area contributed by atoms with E-state index in [0.717, 1.165) is 11.1 Å². The number of nitrogens with zero attached hydrogens (tertiary/aromatic N) is 1. The van der Waals surface area contributed by atoms with Crippen LogP contribution in [0.3, 0.4) is 0 Å². The normalized spacial score (nSPS) is 10.4. The second-order valence-electron chi connectivity index (χ2n) is 6.41. The summed E-state index contributed by atoms with van der Waals surface area (Å²) in [4.78, 5) is 28.9. The minimum Gasteiger partial charge on any atom is -0.348 e. The van der Waals surface area contributed by atoms with Gasteiger partial charge in [0.05, 0.1) is 0 Å². The number of nitrogens with one attached hydrogen (secondary N) is 2. The van der Waals surface area contributed by atoms with E-state index < -0.39 is 11.8 Å². The van der Waals surface area contributed by atoms with E-state index in [0.29, 0.717) is 11.3 Å². The average Bonchev–Trinajstić information content (AvgIpc) is 2.70. The molecule has 0 atom stereocenters. The largest absolute Gasteiger partial charge is 0.348 e. The highest BCUT2D eigenvalue weighted by Gasteiger charge is 2.14. The highest BCUT2D eigenvalue weighted by molar-refractivity contribution is 6.05. The van der Waals surface area contributed by atoms with Crippen molar-refractivity contribution in [3.8, 4) is 0 Å². The van der Waals surface area contributed by atoms with Crippen LogP contribution in [0.4, 0.5) is 10.1 Å². The molecule has 2 N–H and O–H groups in total. The molecule has 5 nitrogen and oxygen atoms in total. The van der Waals surface area contributed by atoms with Crippen LogP contribution in [0.15, 0.2) is 60.8 Å². The predicted octanol–water partition coefficient (Wildman–Crippen LogP) is 4.02. The van der Waals surface area contributed by atoms with Crippen molar-refractivity contribution >= 4 is 17.5 Å². The lowest BCUT2D eigenvalue weighted by Gasteiger charge is -2.11. The van der Waals surface area contributed by atoms with Crippen molar-refractivity contribution in [1.29, 1.82) is 0 Å². The molecule has 0 aliphatic heterocycles. The molecule has 0 bridgehead atoms. The Labute approximate surface area is 162 Å². The van der Waals surface area contributed by atoms with E-state index in [1.165, 1.54) is 24.4 Å². The quantitative estimate of drug-likeness (QED) is 0.705. The van der Waals surface area contributed by atoms with E-state index in [2.05, 4.69) is 15.6 Å². The van der Waals surface area contributed by atoms with Gasteiger partial charge in [-0.05, 0) is 49.2 Å². The van der Waals surface area contributed by atoms with Crippen LogP contribution in [-0.4, -0.2) is 16.8 Å². The van der Waals surface area contributed by atoms with Crippen LogP contribution in [0.5, 0.6) is 0 Å². The second-order valence-corrected chi connectivity index (χ2v) is 6.41. The van der Waals surface area contributed by atoms with Crippen molar-refractivity contribution in [2.75, 3.05) is 5.32 Å². The van der Waals surface area contributed by atoms with Crippen molar-refractivity contribution in [2.24, 2.45) is 0 Å². The second kappa shape index (κ2) is 8.43. The smallest absolute Gasteiger partial charge is 0.274 e. The Morgan fingerprint density at radius 2 is 1.79 bits per heavy atom.